The Bertz CT molecular complexity index is 995. The molecule has 0 heterocycles. The van der Waals surface area contributed by atoms with E-state index in [1.165, 1.54) is 24.3 Å². The molecule has 7 nitrogen and oxygen atoms in total. The first kappa shape index (κ1) is 22.0. The average molecular weight is 445 g/mol. The maximum Gasteiger partial charge on any atom is 0.338 e. The lowest BCUT2D eigenvalue weighted by Gasteiger charge is -2.23. The summed E-state index contributed by atoms with van der Waals surface area (Å²) in [5, 5.41) is 2.96. The minimum atomic E-state index is -3.82. The van der Waals surface area contributed by atoms with Crippen LogP contribution in [-0.2, 0) is 19.6 Å². The van der Waals surface area contributed by atoms with Gasteiger partial charge in [-0.15, -0.1) is 0 Å². The van der Waals surface area contributed by atoms with Crippen molar-refractivity contribution in [1.82, 2.24) is 0 Å². The molecule has 0 unspecified atom stereocenters. The highest BCUT2D eigenvalue weighted by Gasteiger charge is 2.23. The Morgan fingerprint density at radius 1 is 1.14 bits per heavy atom. The SMILES string of the molecule is CCOC(=O)c1cccc(NC(=O)CN(c2cc(Cl)ccc2Cl)S(C)(=O)=O)c1. The average Bonchev–Trinajstić information content (AvgIpc) is 2.61. The van der Waals surface area contributed by atoms with Gasteiger partial charge in [-0.3, -0.25) is 9.10 Å². The summed E-state index contributed by atoms with van der Waals surface area (Å²) in [6.07, 6.45) is 0.957. The van der Waals surface area contributed by atoms with E-state index >= 15 is 0 Å². The number of esters is 1. The first-order valence-corrected chi connectivity index (χ1v) is 10.7. The van der Waals surface area contributed by atoms with Crippen LogP contribution in [0.4, 0.5) is 11.4 Å². The number of rotatable bonds is 7. The molecule has 0 bridgehead atoms. The molecule has 10 heteroatoms. The van der Waals surface area contributed by atoms with Crippen molar-refractivity contribution in [1.29, 1.82) is 0 Å². The molecular weight excluding hydrogens is 427 g/mol. The van der Waals surface area contributed by atoms with Crippen LogP contribution in [0.3, 0.4) is 0 Å². The third kappa shape index (κ3) is 5.85. The molecule has 0 fully saturated rings. The number of nitrogens with one attached hydrogen (secondary N) is 1. The molecule has 0 atom stereocenters. The van der Waals surface area contributed by atoms with Crippen molar-refractivity contribution in [3.05, 3.63) is 58.1 Å². The van der Waals surface area contributed by atoms with Crippen molar-refractivity contribution in [3.8, 4) is 0 Å². The van der Waals surface area contributed by atoms with E-state index in [0.29, 0.717) is 5.69 Å². The molecule has 0 radical (unpaired) electrons. The predicted octanol–water partition coefficient (Wildman–Crippen LogP) is 3.57. The number of hydrogen-bond acceptors (Lipinski definition) is 5. The third-order valence-electron chi connectivity index (χ3n) is 3.52. The number of carbonyl (C=O) groups excluding carboxylic acids is 2. The number of nitrogens with zero attached hydrogens (tertiary/aromatic N) is 1. The lowest BCUT2D eigenvalue weighted by Crippen LogP contribution is -2.37. The standard InChI is InChI=1S/C18H18Cl2N2O5S/c1-3-27-18(24)12-5-4-6-14(9-12)21-17(23)11-22(28(2,25)26)16-10-13(19)7-8-15(16)20/h4-10H,3,11H2,1-2H3,(H,21,23). The van der Waals surface area contributed by atoms with Crippen LogP contribution in [0.1, 0.15) is 17.3 Å². The van der Waals surface area contributed by atoms with Crippen molar-refractivity contribution in [2.24, 2.45) is 0 Å². The van der Waals surface area contributed by atoms with Crippen LogP contribution in [-0.4, -0.2) is 39.7 Å². The van der Waals surface area contributed by atoms with E-state index in [9.17, 15) is 18.0 Å². The molecule has 0 aliphatic carbocycles. The van der Waals surface area contributed by atoms with Gasteiger partial charge in [0.05, 0.1) is 29.1 Å². The summed E-state index contributed by atoms with van der Waals surface area (Å²) < 4.78 is 30.1. The zero-order chi connectivity index (χ0) is 20.9. The van der Waals surface area contributed by atoms with Crippen LogP contribution < -0.4 is 9.62 Å². The third-order valence-corrected chi connectivity index (χ3v) is 5.20. The van der Waals surface area contributed by atoms with Crippen LogP contribution in [0.25, 0.3) is 0 Å². The monoisotopic (exact) mass is 444 g/mol. The molecule has 28 heavy (non-hydrogen) atoms. The quantitative estimate of drug-likeness (QED) is 0.658. The Balaban J connectivity index is 2.23. The Morgan fingerprint density at radius 2 is 1.86 bits per heavy atom. The maximum atomic E-state index is 12.4. The van der Waals surface area contributed by atoms with E-state index in [1.807, 2.05) is 0 Å². The largest absolute Gasteiger partial charge is 0.462 e. The molecule has 2 rings (SSSR count). The van der Waals surface area contributed by atoms with E-state index < -0.39 is 28.4 Å². The minimum absolute atomic E-state index is 0.0899. The minimum Gasteiger partial charge on any atom is -0.462 e. The fraction of sp³-hybridized carbons (Fsp3) is 0.222. The van der Waals surface area contributed by atoms with E-state index in [2.05, 4.69) is 5.32 Å². The second-order valence-corrected chi connectivity index (χ2v) is 8.47. The van der Waals surface area contributed by atoms with E-state index in [4.69, 9.17) is 27.9 Å². The smallest absolute Gasteiger partial charge is 0.338 e. The molecule has 0 saturated carbocycles. The second kappa shape index (κ2) is 9.27. The Hall–Kier alpha value is -2.29. The van der Waals surface area contributed by atoms with Gasteiger partial charge in [-0.05, 0) is 43.3 Å². The van der Waals surface area contributed by atoms with Gasteiger partial charge < -0.3 is 10.1 Å². The maximum absolute atomic E-state index is 12.4. The summed E-state index contributed by atoms with van der Waals surface area (Å²) in [6, 6.07) is 10.4. The Labute approximate surface area is 173 Å². The van der Waals surface area contributed by atoms with Crippen molar-refractivity contribution in [2.75, 3.05) is 29.0 Å². The fourth-order valence-electron chi connectivity index (χ4n) is 2.33. The molecule has 0 aromatic heterocycles. The van der Waals surface area contributed by atoms with Crippen LogP contribution in [0.5, 0.6) is 0 Å². The van der Waals surface area contributed by atoms with Crippen molar-refractivity contribution >= 4 is 56.5 Å². The summed E-state index contributed by atoms with van der Waals surface area (Å²) in [7, 11) is -3.82. The van der Waals surface area contributed by atoms with Gasteiger partial charge >= 0.3 is 5.97 Å². The summed E-state index contributed by atoms with van der Waals surface area (Å²) in [5.41, 5.74) is 0.672. The molecule has 0 aliphatic heterocycles. The lowest BCUT2D eigenvalue weighted by molar-refractivity contribution is -0.114. The molecule has 0 spiro atoms. The number of anilines is 2. The number of halogens is 2. The van der Waals surface area contributed by atoms with E-state index in [-0.39, 0.29) is 27.9 Å². The van der Waals surface area contributed by atoms with Gasteiger partial charge in [-0.1, -0.05) is 29.3 Å². The number of carbonyl (C=O) groups is 2. The van der Waals surface area contributed by atoms with Gasteiger partial charge in [-0.25, -0.2) is 13.2 Å². The van der Waals surface area contributed by atoms with Crippen molar-refractivity contribution in [3.63, 3.8) is 0 Å². The molecule has 0 aliphatic rings. The van der Waals surface area contributed by atoms with Crippen molar-refractivity contribution < 1.29 is 22.7 Å². The molecule has 150 valence electrons. The van der Waals surface area contributed by atoms with Crippen LogP contribution in [0.15, 0.2) is 42.5 Å². The van der Waals surface area contributed by atoms with Crippen molar-refractivity contribution in [2.45, 2.75) is 6.92 Å². The number of amides is 1. The fourth-order valence-corrected chi connectivity index (χ4v) is 3.62. The molecular formula is C18H18Cl2N2O5S. The molecule has 0 saturated heterocycles. The summed E-state index contributed by atoms with van der Waals surface area (Å²) in [6.45, 7) is 1.38. The number of benzene rings is 2. The summed E-state index contributed by atoms with van der Waals surface area (Å²) in [4.78, 5) is 24.2. The van der Waals surface area contributed by atoms with Crippen LogP contribution >= 0.6 is 23.2 Å². The van der Waals surface area contributed by atoms with E-state index in [1.54, 1.807) is 25.1 Å². The van der Waals surface area contributed by atoms with Crippen LogP contribution in [0, 0.1) is 0 Å². The predicted molar refractivity (Wildman–Crippen MR) is 110 cm³/mol. The molecule has 2 aromatic rings. The second-order valence-electron chi connectivity index (χ2n) is 5.71. The number of sulfonamides is 1. The van der Waals surface area contributed by atoms with Gasteiger partial charge in [0.2, 0.25) is 15.9 Å². The Kier molecular flexibility index (Phi) is 7.29. The van der Waals surface area contributed by atoms with Gasteiger partial charge in [0.15, 0.2) is 0 Å². The molecule has 2 aromatic carbocycles. The zero-order valence-corrected chi connectivity index (χ0v) is 17.4. The lowest BCUT2D eigenvalue weighted by atomic mass is 10.2. The zero-order valence-electron chi connectivity index (χ0n) is 15.1. The first-order chi connectivity index (χ1) is 13.1. The highest BCUT2D eigenvalue weighted by atomic mass is 35.5. The molecule has 1 N–H and O–H groups in total. The van der Waals surface area contributed by atoms with Crippen LogP contribution in [0.2, 0.25) is 10.0 Å². The number of ether oxygens (including phenoxy) is 1. The van der Waals surface area contributed by atoms with E-state index in [0.717, 1.165) is 10.6 Å². The molecule has 1 amide bonds. The highest BCUT2D eigenvalue weighted by molar-refractivity contribution is 7.92. The highest BCUT2D eigenvalue weighted by Crippen LogP contribution is 2.30. The normalized spacial score (nSPS) is 11.0. The Morgan fingerprint density at radius 3 is 2.50 bits per heavy atom. The van der Waals surface area contributed by atoms with Gasteiger partial charge in [0.25, 0.3) is 0 Å². The van der Waals surface area contributed by atoms with Gasteiger partial charge in [-0.2, -0.15) is 0 Å². The summed E-state index contributed by atoms with van der Waals surface area (Å²) in [5.74, 6) is -1.15. The topological polar surface area (TPSA) is 92.8 Å². The number of hydrogen-bond donors (Lipinski definition) is 1. The van der Waals surface area contributed by atoms with Gasteiger partial charge in [0, 0.05) is 10.7 Å². The first-order valence-electron chi connectivity index (χ1n) is 8.11. The van der Waals surface area contributed by atoms with Gasteiger partial charge in [0.1, 0.15) is 6.54 Å². The summed E-state index contributed by atoms with van der Waals surface area (Å²) >= 11 is 12.0.